The third-order valence-corrected chi connectivity index (χ3v) is 1.61. The summed E-state index contributed by atoms with van der Waals surface area (Å²) in [6, 6.07) is 0. The molecule has 52 valence electrons. The van der Waals surface area contributed by atoms with Crippen LogP contribution in [-0.2, 0) is 4.74 Å². The molecule has 2 heteroatoms. The molecule has 0 saturated carbocycles. The average Bonchev–Trinajstić information content (AvgIpc) is 1.90. The van der Waals surface area contributed by atoms with Crippen LogP contribution in [0.15, 0.2) is 12.2 Å². The Morgan fingerprint density at radius 3 is 2.89 bits per heavy atom. The fourth-order valence-corrected chi connectivity index (χ4v) is 0.839. The van der Waals surface area contributed by atoms with Gasteiger partial charge in [-0.25, -0.2) is 0 Å². The number of hydrogen-bond acceptors (Lipinski definition) is 2. The molecule has 0 aromatic rings. The van der Waals surface area contributed by atoms with Crippen molar-refractivity contribution in [1.82, 2.24) is 0 Å². The standard InChI is InChI=1S/C7H12O2/c1-2-7(8)4-3-5-9-6-7/h3-4,8H,2,5-6H2,1H3. The minimum Gasteiger partial charge on any atom is -0.383 e. The summed E-state index contributed by atoms with van der Waals surface area (Å²) in [5.41, 5.74) is -0.682. The van der Waals surface area contributed by atoms with Gasteiger partial charge in [0.15, 0.2) is 0 Å². The van der Waals surface area contributed by atoms with Gasteiger partial charge in [-0.1, -0.05) is 19.1 Å². The van der Waals surface area contributed by atoms with Crippen molar-refractivity contribution in [2.75, 3.05) is 13.2 Å². The van der Waals surface area contributed by atoms with Gasteiger partial charge in [-0.05, 0) is 6.42 Å². The molecule has 2 nitrogen and oxygen atoms in total. The van der Waals surface area contributed by atoms with E-state index in [1.54, 1.807) is 0 Å². The molecule has 9 heavy (non-hydrogen) atoms. The topological polar surface area (TPSA) is 29.5 Å². The van der Waals surface area contributed by atoms with Crippen molar-refractivity contribution in [3.05, 3.63) is 12.2 Å². The van der Waals surface area contributed by atoms with E-state index in [0.717, 1.165) is 6.42 Å². The largest absolute Gasteiger partial charge is 0.383 e. The maximum Gasteiger partial charge on any atom is 0.106 e. The zero-order chi connectivity index (χ0) is 6.74. The van der Waals surface area contributed by atoms with E-state index in [2.05, 4.69) is 0 Å². The fraction of sp³-hybridized carbons (Fsp3) is 0.714. The molecular weight excluding hydrogens is 116 g/mol. The van der Waals surface area contributed by atoms with Gasteiger partial charge >= 0.3 is 0 Å². The van der Waals surface area contributed by atoms with Gasteiger partial charge in [-0.3, -0.25) is 0 Å². The van der Waals surface area contributed by atoms with E-state index in [-0.39, 0.29) is 0 Å². The predicted molar refractivity (Wildman–Crippen MR) is 35.2 cm³/mol. The fourth-order valence-electron chi connectivity index (χ4n) is 0.839. The van der Waals surface area contributed by atoms with E-state index in [0.29, 0.717) is 13.2 Å². The van der Waals surface area contributed by atoms with Crippen LogP contribution in [0, 0.1) is 0 Å². The van der Waals surface area contributed by atoms with Gasteiger partial charge in [0.1, 0.15) is 5.60 Å². The van der Waals surface area contributed by atoms with Crippen molar-refractivity contribution in [2.45, 2.75) is 18.9 Å². The van der Waals surface area contributed by atoms with Crippen LogP contribution in [0.1, 0.15) is 13.3 Å². The lowest BCUT2D eigenvalue weighted by Crippen LogP contribution is -2.33. The summed E-state index contributed by atoms with van der Waals surface area (Å²) >= 11 is 0. The van der Waals surface area contributed by atoms with Gasteiger partial charge in [0.25, 0.3) is 0 Å². The van der Waals surface area contributed by atoms with Crippen molar-refractivity contribution >= 4 is 0 Å². The van der Waals surface area contributed by atoms with Gasteiger partial charge < -0.3 is 9.84 Å². The molecule has 0 aliphatic carbocycles. The van der Waals surface area contributed by atoms with Crippen LogP contribution >= 0.6 is 0 Å². The molecule has 0 spiro atoms. The van der Waals surface area contributed by atoms with Crippen LogP contribution in [0.25, 0.3) is 0 Å². The molecule has 1 aliphatic heterocycles. The van der Waals surface area contributed by atoms with Crippen LogP contribution in [0.2, 0.25) is 0 Å². The number of aliphatic hydroxyl groups is 1. The highest BCUT2D eigenvalue weighted by molar-refractivity contribution is 5.03. The Morgan fingerprint density at radius 1 is 1.78 bits per heavy atom. The SMILES string of the molecule is CCC1(O)C=CCOC1. The van der Waals surface area contributed by atoms with Crippen LogP contribution in [0.4, 0.5) is 0 Å². The molecule has 1 N–H and O–H groups in total. The summed E-state index contributed by atoms with van der Waals surface area (Å²) in [4.78, 5) is 0. The first-order valence-electron chi connectivity index (χ1n) is 3.25. The molecule has 0 fully saturated rings. The molecule has 1 aliphatic rings. The lowest BCUT2D eigenvalue weighted by atomic mass is 10.0. The Labute approximate surface area is 55.1 Å². The second kappa shape index (κ2) is 2.50. The summed E-state index contributed by atoms with van der Waals surface area (Å²) < 4.78 is 5.04. The van der Waals surface area contributed by atoms with E-state index >= 15 is 0 Å². The van der Waals surface area contributed by atoms with Crippen molar-refractivity contribution < 1.29 is 9.84 Å². The molecule has 1 heterocycles. The minimum atomic E-state index is -0.682. The molecule has 1 unspecified atom stereocenters. The van der Waals surface area contributed by atoms with E-state index in [4.69, 9.17) is 4.74 Å². The van der Waals surface area contributed by atoms with Gasteiger partial charge in [0, 0.05) is 0 Å². The van der Waals surface area contributed by atoms with Crippen LogP contribution in [-0.4, -0.2) is 23.9 Å². The van der Waals surface area contributed by atoms with Crippen molar-refractivity contribution in [1.29, 1.82) is 0 Å². The summed E-state index contributed by atoms with van der Waals surface area (Å²) in [6.45, 7) is 3.03. The quantitative estimate of drug-likeness (QED) is 0.527. The number of rotatable bonds is 1. The minimum absolute atomic E-state index is 0.444. The third kappa shape index (κ3) is 1.53. The van der Waals surface area contributed by atoms with E-state index < -0.39 is 5.60 Å². The lowest BCUT2D eigenvalue weighted by molar-refractivity contribution is -0.0180. The summed E-state index contributed by atoms with van der Waals surface area (Å²) in [6.07, 6.45) is 4.40. The Morgan fingerprint density at radius 2 is 2.56 bits per heavy atom. The van der Waals surface area contributed by atoms with Gasteiger partial charge in [0.05, 0.1) is 13.2 Å². The third-order valence-electron chi connectivity index (χ3n) is 1.61. The molecule has 1 rings (SSSR count). The maximum atomic E-state index is 9.47. The average molecular weight is 128 g/mol. The summed E-state index contributed by atoms with van der Waals surface area (Å²) in [7, 11) is 0. The Hall–Kier alpha value is -0.340. The predicted octanol–water partition coefficient (Wildman–Crippen LogP) is 0.714. The second-order valence-electron chi connectivity index (χ2n) is 2.37. The highest BCUT2D eigenvalue weighted by Gasteiger charge is 2.22. The monoisotopic (exact) mass is 128 g/mol. The molecule has 0 saturated heterocycles. The van der Waals surface area contributed by atoms with E-state index in [1.807, 2.05) is 19.1 Å². The molecule has 1 atom stereocenters. The van der Waals surface area contributed by atoms with Crippen LogP contribution in [0.5, 0.6) is 0 Å². The van der Waals surface area contributed by atoms with Gasteiger partial charge in [-0.2, -0.15) is 0 Å². The molecule has 0 aromatic carbocycles. The second-order valence-corrected chi connectivity index (χ2v) is 2.37. The normalized spacial score (nSPS) is 34.9. The highest BCUT2D eigenvalue weighted by atomic mass is 16.5. The van der Waals surface area contributed by atoms with Crippen molar-refractivity contribution in [2.24, 2.45) is 0 Å². The summed E-state index contributed by atoms with van der Waals surface area (Å²) in [5, 5.41) is 9.47. The molecular formula is C7H12O2. The first-order valence-corrected chi connectivity index (χ1v) is 3.25. The molecule has 0 bridgehead atoms. The Bertz CT molecular complexity index is 120. The first-order chi connectivity index (χ1) is 4.27. The first kappa shape index (κ1) is 6.78. The Balaban J connectivity index is 2.56. The zero-order valence-electron chi connectivity index (χ0n) is 5.63. The molecule has 0 radical (unpaired) electrons. The maximum absolute atomic E-state index is 9.47. The van der Waals surface area contributed by atoms with Crippen molar-refractivity contribution in [3.8, 4) is 0 Å². The van der Waals surface area contributed by atoms with Crippen molar-refractivity contribution in [3.63, 3.8) is 0 Å². The Kier molecular flexibility index (Phi) is 1.88. The van der Waals surface area contributed by atoms with Gasteiger partial charge in [0.2, 0.25) is 0 Å². The number of ether oxygens (including phenoxy) is 1. The van der Waals surface area contributed by atoms with Crippen LogP contribution in [0.3, 0.4) is 0 Å². The smallest absolute Gasteiger partial charge is 0.106 e. The lowest BCUT2D eigenvalue weighted by Gasteiger charge is -2.25. The van der Waals surface area contributed by atoms with Gasteiger partial charge in [-0.15, -0.1) is 0 Å². The highest BCUT2D eigenvalue weighted by Crippen LogP contribution is 2.15. The number of hydrogen-bond donors (Lipinski definition) is 1. The molecule has 0 amide bonds. The molecule has 0 aromatic heterocycles. The summed E-state index contributed by atoms with van der Waals surface area (Å²) in [5.74, 6) is 0. The zero-order valence-corrected chi connectivity index (χ0v) is 5.63. The van der Waals surface area contributed by atoms with Crippen LogP contribution < -0.4 is 0 Å². The van der Waals surface area contributed by atoms with E-state index in [9.17, 15) is 5.11 Å². The van der Waals surface area contributed by atoms with E-state index in [1.165, 1.54) is 0 Å².